The van der Waals surface area contributed by atoms with Crippen LogP contribution in [-0.4, -0.2) is 89.2 Å². The highest BCUT2D eigenvalue weighted by Gasteiger charge is 2.72. The fourth-order valence-corrected chi connectivity index (χ4v) is 7.91. The predicted octanol–water partition coefficient (Wildman–Crippen LogP) is 4.02. The summed E-state index contributed by atoms with van der Waals surface area (Å²) in [5, 5.41) is 10.7. The number of carbonyl (C=O) groups excluding carboxylic acids is 3. The lowest BCUT2D eigenvalue weighted by molar-refractivity contribution is -0.148. The van der Waals surface area contributed by atoms with E-state index in [9.17, 15) is 19.5 Å². The summed E-state index contributed by atoms with van der Waals surface area (Å²) in [6.45, 7) is 10.8. The number of likely N-dealkylation sites (tertiary alicyclic amines) is 1. The van der Waals surface area contributed by atoms with Crippen molar-refractivity contribution in [2.24, 2.45) is 17.8 Å². The van der Waals surface area contributed by atoms with Gasteiger partial charge >= 0.3 is 0 Å². The van der Waals surface area contributed by atoms with Gasteiger partial charge in [-0.3, -0.25) is 14.4 Å². The molecule has 6 rings (SSSR count). The molecular weight excluding hydrogens is 580 g/mol. The standard InChI is InChI=1S/C37H46N4O5/c1-5-25(4)29(24-42)41-33-36(45)40(28-18-16-27(17-19-28)38(6-2)7-3)22-12-20-37(33)32(35(41)44)31-30(46-37)15-11-21-39(34(31)43)23-26-13-9-8-10-14-26/h8-20,25,29-33,42H,5-7,21-24H2,1-4H3/t25-,29-,30+,31-,32-,33?,37-/m0/s1. The second-order valence-electron chi connectivity index (χ2n) is 12.9. The topological polar surface area (TPSA) is 93.6 Å². The molecule has 9 heteroatoms. The van der Waals surface area contributed by atoms with E-state index in [-0.39, 0.29) is 30.2 Å². The van der Waals surface area contributed by atoms with Gasteiger partial charge in [0.15, 0.2) is 0 Å². The van der Waals surface area contributed by atoms with Crippen LogP contribution in [0.15, 0.2) is 78.9 Å². The summed E-state index contributed by atoms with van der Waals surface area (Å²) < 4.78 is 6.83. The van der Waals surface area contributed by atoms with Gasteiger partial charge in [-0.05, 0) is 49.6 Å². The zero-order valence-corrected chi connectivity index (χ0v) is 27.3. The lowest BCUT2D eigenvalue weighted by Gasteiger charge is -2.40. The molecular formula is C37H46N4O5. The first-order valence-corrected chi connectivity index (χ1v) is 16.7. The SMILES string of the molecule is CC[C@H](C)[C@H](CO)N1C(=O)[C@@H]2[C@H]3C(=O)N(Cc4ccccc4)CC=C[C@H]3O[C@@]23C=CCN(c2ccc(N(CC)CC)cc2)C(=O)C13. The Kier molecular flexibility index (Phi) is 9.08. The number of rotatable bonds is 10. The van der Waals surface area contributed by atoms with Crippen LogP contribution < -0.4 is 9.80 Å². The number of anilines is 2. The number of hydrogen-bond acceptors (Lipinski definition) is 6. The number of amides is 3. The minimum atomic E-state index is -1.35. The Morgan fingerprint density at radius 2 is 1.65 bits per heavy atom. The van der Waals surface area contributed by atoms with Crippen molar-refractivity contribution in [3.63, 3.8) is 0 Å². The van der Waals surface area contributed by atoms with E-state index in [4.69, 9.17) is 4.74 Å². The average Bonchev–Trinajstić information content (AvgIpc) is 3.40. The number of hydrogen-bond donors (Lipinski definition) is 1. The lowest BCUT2D eigenvalue weighted by atomic mass is 9.77. The molecule has 0 radical (unpaired) electrons. The molecule has 0 aromatic heterocycles. The van der Waals surface area contributed by atoms with E-state index in [1.165, 1.54) is 0 Å². The van der Waals surface area contributed by atoms with Crippen LogP contribution in [0.25, 0.3) is 0 Å². The number of nitrogens with zero attached hydrogens (tertiary/aromatic N) is 4. The third-order valence-corrected chi connectivity index (χ3v) is 10.5. The maximum absolute atomic E-state index is 14.9. The molecule has 1 N–H and O–H groups in total. The number of ether oxygens (including phenoxy) is 1. The molecule has 7 atom stereocenters. The average molecular weight is 627 g/mol. The van der Waals surface area contributed by atoms with Crippen LogP contribution in [0.3, 0.4) is 0 Å². The highest BCUT2D eigenvalue weighted by molar-refractivity contribution is 6.06. The summed E-state index contributed by atoms with van der Waals surface area (Å²) in [4.78, 5) is 51.3. The fraction of sp³-hybridized carbons (Fsp3) is 0.486. The third-order valence-electron chi connectivity index (χ3n) is 10.5. The second kappa shape index (κ2) is 13.0. The molecule has 4 heterocycles. The number of fused-ring (bicyclic) bond motifs is 2. The van der Waals surface area contributed by atoms with Gasteiger partial charge in [-0.1, -0.05) is 74.9 Å². The van der Waals surface area contributed by atoms with Gasteiger partial charge in [0, 0.05) is 44.1 Å². The minimum Gasteiger partial charge on any atom is -0.394 e. The molecule has 1 unspecified atom stereocenters. The number of carbonyl (C=O) groups is 3. The van der Waals surface area contributed by atoms with Crippen molar-refractivity contribution in [2.45, 2.75) is 64.4 Å². The molecule has 2 aromatic carbocycles. The van der Waals surface area contributed by atoms with Gasteiger partial charge in [0.2, 0.25) is 11.8 Å². The van der Waals surface area contributed by atoms with Crippen molar-refractivity contribution in [3.05, 3.63) is 84.5 Å². The maximum Gasteiger partial charge on any atom is 0.253 e. The summed E-state index contributed by atoms with van der Waals surface area (Å²) in [7, 11) is 0. The van der Waals surface area contributed by atoms with Crippen molar-refractivity contribution in [1.82, 2.24) is 9.80 Å². The highest BCUT2D eigenvalue weighted by Crippen LogP contribution is 2.54. The van der Waals surface area contributed by atoms with Gasteiger partial charge in [-0.15, -0.1) is 0 Å². The van der Waals surface area contributed by atoms with Crippen LogP contribution in [0, 0.1) is 17.8 Å². The van der Waals surface area contributed by atoms with Crippen molar-refractivity contribution in [1.29, 1.82) is 0 Å². The molecule has 0 saturated carbocycles. The largest absolute Gasteiger partial charge is 0.394 e. The van der Waals surface area contributed by atoms with E-state index < -0.39 is 35.6 Å². The van der Waals surface area contributed by atoms with Gasteiger partial charge in [-0.2, -0.15) is 0 Å². The first-order chi connectivity index (χ1) is 22.3. The van der Waals surface area contributed by atoms with Crippen LogP contribution in [0.5, 0.6) is 0 Å². The number of aliphatic hydroxyl groups is 1. The molecule has 0 bridgehead atoms. The molecule has 4 aliphatic heterocycles. The molecule has 2 saturated heterocycles. The highest BCUT2D eigenvalue weighted by atomic mass is 16.5. The molecule has 2 fully saturated rings. The molecule has 2 aromatic rings. The Morgan fingerprint density at radius 3 is 2.30 bits per heavy atom. The van der Waals surface area contributed by atoms with Crippen LogP contribution in [-0.2, 0) is 25.7 Å². The predicted molar refractivity (Wildman–Crippen MR) is 178 cm³/mol. The van der Waals surface area contributed by atoms with E-state index in [0.717, 1.165) is 30.0 Å². The van der Waals surface area contributed by atoms with E-state index >= 15 is 0 Å². The molecule has 0 aliphatic carbocycles. The fourth-order valence-electron chi connectivity index (χ4n) is 7.91. The molecule has 244 valence electrons. The lowest BCUT2D eigenvalue weighted by Crippen LogP contribution is -2.59. The Balaban J connectivity index is 1.41. The molecule has 46 heavy (non-hydrogen) atoms. The normalized spacial score (nSPS) is 28.5. The van der Waals surface area contributed by atoms with Crippen LogP contribution in [0.1, 0.15) is 39.7 Å². The Labute approximate surface area is 272 Å². The monoisotopic (exact) mass is 626 g/mol. The van der Waals surface area contributed by atoms with Gasteiger partial charge in [0.05, 0.1) is 30.6 Å². The van der Waals surface area contributed by atoms with Crippen LogP contribution >= 0.6 is 0 Å². The van der Waals surface area contributed by atoms with E-state index in [2.05, 4.69) is 18.7 Å². The van der Waals surface area contributed by atoms with Gasteiger partial charge < -0.3 is 29.4 Å². The Bertz CT molecular complexity index is 1490. The van der Waals surface area contributed by atoms with Gasteiger partial charge in [0.25, 0.3) is 5.91 Å². The summed E-state index contributed by atoms with van der Waals surface area (Å²) in [5.41, 5.74) is 1.44. The molecule has 3 amide bonds. The first kappa shape index (κ1) is 32.0. The van der Waals surface area contributed by atoms with Gasteiger partial charge in [-0.25, -0.2) is 0 Å². The van der Waals surface area contributed by atoms with Crippen LogP contribution in [0.2, 0.25) is 0 Å². The molecule has 4 aliphatic rings. The Hall–Kier alpha value is -3.95. The summed E-state index contributed by atoms with van der Waals surface area (Å²) in [5.74, 6) is -2.52. The third kappa shape index (κ3) is 5.23. The van der Waals surface area contributed by atoms with Crippen LogP contribution in [0.4, 0.5) is 11.4 Å². The quantitative estimate of drug-likeness (QED) is 0.401. The molecule has 1 spiro atoms. The second-order valence-corrected chi connectivity index (χ2v) is 12.9. The number of benzene rings is 2. The van der Waals surface area contributed by atoms with Crippen molar-refractivity contribution in [2.75, 3.05) is 42.6 Å². The zero-order chi connectivity index (χ0) is 32.6. The minimum absolute atomic E-state index is 0.0817. The molecule has 9 nitrogen and oxygen atoms in total. The smallest absolute Gasteiger partial charge is 0.253 e. The first-order valence-electron chi connectivity index (χ1n) is 16.7. The van der Waals surface area contributed by atoms with E-state index in [0.29, 0.717) is 26.1 Å². The van der Waals surface area contributed by atoms with Crippen molar-refractivity contribution >= 4 is 29.1 Å². The zero-order valence-electron chi connectivity index (χ0n) is 27.3. The summed E-state index contributed by atoms with van der Waals surface area (Å²) in [6.07, 6.45) is 7.64. The summed E-state index contributed by atoms with van der Waals surface area (Å²) in [6, 6.07) is 16.1. The maximum atomic E-state index is 14.9. The van der Waals surface area contributed by atoms with E-state index in [1.54, 1.807) is 14.7 Å². The van der Waals surface area contributed by atoms with Crippen molar-refractivity contribution < 1.29 is 24.2 Å². The summed E-state index contributed by atoms with van der Waals surface area (Å²) >= 11 is 0. The van der Waals surface area contributed by atoms with Gasteiger partial charge in [0.1, 0.15) is 11.6 Å². The van der Waals surface area contributed by atoms with Crippen molar-refractivity contribution in [3.8, 4) is 0 Å². The van der Waals surface area contributed by atoms with E-state index in [1.807, 2.05) is 92.7 Å². The Morgan fingerprint density at radius 1 is 0.935 bits per heavy atom. The number of aliphatic hydroxyl groups excluding tert-OH is 1.